The fourth-order valence-corrected chi connectivity index (χ4v) is 2.60. The SMILES string of the molecule is CC[C@@H]([NH2+]CC(=O)NNC(=O)c1ccccc1)c1ccc(Br)cc1. The first-order chi connectivity index (χ1) is 11.6. The lowest BCUT2D eigenvalue weighted by Crippen LogP contribution is -2.87. The second-order valence-electron chi connectivity index (χ2n) is 5.37. The Hall–Kier alpha value is -2.18. The average molecular weight is 391 g/mol. The minimum atomic E-state index is -0.330. The van der Waals surface area contributed by atoms with Gasteiger partial charge >= 0.3 is 0 Å². The van der Waals surface area contributed by atoms with Gasteiger partial charge in [0.05, 0.1) is 0 Å². The van der Waals surface area contributed by atoms with Crippen molar-refractivity contribution in [2.45, 2.75) is 19.4 Å². The average Bonchev–Trinajstić information content (AvgIpc) is 2.62. The molecule has 0 radical (unpaired) electrons. The maximum Gasteiger partial charge on any atom is 0.293 e. The molecule has 24 heavy (non-hydrogen) atoms. The third kappa shape index (κ3) is 5.47. The first-order valence-corrected chi connectivity index (χ1v) is 8.62. The summed E-state index contributed by atoms with van der Waals surface area (Å²) in [6.07, 6.45) is 0.908. The van der Waals surface area contributed by atoms with Gasteiger partial charge in [0.1, 0.15) is 6.04 Å². The van der Waals surface area contributed by atoms with E-state index in [0.29, 0.717) is 5.56 Å². The van der Waals surface area contributed by atoms with Gasteiger partial charge in [0.15, 0.2) is 6.54 Å². The van der Waals surface area contributed by atoms with Crippen molar-refractivity contribution in [3.8, 4) is 0 Å². The molecule has 2 aromatic rings. The van der Waals surface area contributed by atoms with Crippen LogP contribution in [0.1, 0.15) is 35.3 Å². The van der Waals surface area contributed by atoms with E-state index in [2.05, 4.69) is 33.7 Å². The summed E-state index contributed by atoms with van der Waals surface area (Å²) in [6.45, 7) is 2.32. The molecule has 6 heteroatoms. The van der Waals surface area contributed by atoms with E-state index in [1.54, 1.807) is 24.3 Å². The number of hydrazine groups is 1. The third-order valence-electron chi connectivity index (χ3n) is 3.68. The van der Waals surface area contributed by atoms with E-state index >= 15 is 0 Å². The minimum Gasteiger partial charge on any atom is -0.332 e. The molecule has 0 aliphatic heterocycles. The molecule has 0 saturated heterocycles. The van der Waals surface area contributed by atoms with Crippen LogP contribution in [-0.2, 0) is 4.79 Å². The zero-order valence-electron chi connectivity index (χ0n) is 13.5. The molecule has 0 bridgehead atoms. The van der Waals surface area contributed by atoms with Crippen LogP contribution in [0.4, 0.5) is 0 Å². The fraction of sp³-hybridized carbons (Fsp3) is 0.222. The molecule has 0 aromatic heterocycles. The number of halogens is 1. The highest BCUT2D eigenvalue weighted by Crippen LogP contribution is 2.16. The normalized spacial score (nSPS) is 11.6. The Kier molecular flexibility index (Phi) is 6.96. The van der Waals surface area contributed by atoms with Gasteiger partial charge in [-0.3, -0.25) is 20.4 Å². The minimum absolute atomic E-state index is 0.202. The Morgan fingerprint density at radius 1 is 1.04 bits per heavy atom. The quantitative estimate of drug-likeness (QED) is 0.659. The lowest BCUT2D eigenvalue weighted by molar-refractivity contribution is -0.686. The summed E-state index contributed by atoms with van der Waals surface area (Å²) in [5, 5.41) is 1.97. The molecule has 2 amide bonds. The van der Waals surface area contributed by atoms with E-state index in [1.165, 1.54) is 5.56 Å². The van der Waals surface area contributed by atoms with Crippen LogP contribution in [0.3, 0.4) is 0 Å². The second kappa shape index (κ2) is 9.20. The largest absolute Gasteiger partial charge is 0.332 e. The molecule has 4 N–H and O–H groups in total. The number of carbonyl (C=O) groups excluding carboxylic acids is 2. The summed E-state index contributed by atoms with van der Waals surface area (Å²) < 4.78 is 1.03. The van der Waals surface area contributed by atoms with E-state index in [9.17, 15) is 9.59 Å². The van der Waals surface area contributed by atoms with Crippen molar-refractivity contribution in [2.24, 2.45) is 0 Å². The van der Waals surface area contributed by atoms with E-state index in [4.69, 9.17) is 0 Å². The van der Waals surface area contributed by atoms with Crippen molar-refractivity contribution < 1.29 is 14.9 Å². The number of carbonyl (C=O) groups is 2. The molecular weight excluding hydrogens is 370 g/mol. The first-order valence-electron chi connectivity index (χ1n) is 7.83. The van der Waals surface area contributed by atoms with Crippen molar-refractivity contribution >= 4 is 27.7 Å². The monoisotopic (exact) mass is 390 g/mol. The molecule has 2 aromatic carbocycles. The lowest BCUT2D eigenvalue weighted by atomic mass is 10.0. The topological polar surface area (TPSA) is 74.8 Å². The maximum absolute atomic E-state index is 11.9. The number of quaternary nitrogens is 1. The fourth-order valence-electron chi connectivity index (χ4n) is 2.34. The van der Waals surface area contributed by atoms with Crippen LogP contribution in [0, 0.1) is 0 Å². The van der Waals surface area contributed by atoms with Crippen molar-refractivity contribution in [1.29, 1.82) is 0 Å². The maximum atomic E-state index is 11.9. The number of hydrogen-bond acceptors (Lipinski definition) is 2. The van der Waals surface area contributed by atoms with Gasteiger partial charge in [-0.15, -0.1) is 0 Å². The van der Waals surface area contributed by atoms with E-state index in [-0.39, 0.29) is 24.4 Å². The third-order valence-corrected chi connectivity index (χ3v) is 4.21. The van der Waals surface area contributed by atoms with Crippen LogP contribution in [-0.4, -0.2) is 18.4 Å². The Balaban J connectivity index is 1.79. The molecule has 0 fully saturated rings. The number of nitrogens with one attached hydrogen (secondary N) is 2. The highest BCUT2D eigenvalue weighted by Gasteiger charge is 2.15. The van der Waals surface area contributed by atoms with Crippen LogP contribution >= 0.6 is 15.9 Å². The summed E-state index contributed by atoms with van der Waals surface area (Å²) in [6, 6.07) is 17.0. The molecule has 2 rings (SSSR count). The Bertz CT molecular complexity index is 674. The number of rotatable bonds is 6. The summed E-state index contributed by atoms with van der Waals surface area (Å²) in [5.74, 6) is -0.571. The number of benzene rings is 2. The number of nitrogens with two attached hydrogens (primary N) is 1. The van der Waals surface area contributed by atoms with Gasteiger partial charge in [-0.05, 0) is 24.3 Å². The smallest absolute Gasteiger partial charge is 0.293 e. The Labute approximate surface area is 149 Å². The van der Waals surface area contributed by atoms with E-state index in [1.807, 2.05) is 35.6 Å². The molecule has 0 heterocycles. The van der Waals surface area contributed by atoms with Crippen molar-refractivity contribution in [3.63, 3.8) is 0 Å². The van der Waals surface area contributed by atoms with Crippen LogP contribution in [0.2, 0.25) is 0 Å². The van der Waals surface area contributed by atoms with E-state index < -0.39 is 0 Å². The van der Waals surface area contributed by atoms with Gasteiger partial charge < -0.3 is 5.32 Å². The van der Waals surface area contributed by atoms with Gasteiger partial charge in [-0.1, -0.05) is 53.2 Å². The molecular formula is C18H21BrN3O2+. The number of hydrogen-bond donors (Lipinski definition) is 3. The molecule has 0 spiro atoms. The van der Waals surface area contributed by atoms with Crippen molar-refractivity contribution in [1.82, 2.24) is 10.9 Å². The summed E-state index contributed by atoms with van der Waals surface area (Å²) in [5.41, 5.74) is 6.54. The van der Waals surface area contributed by atoms with Gasteiger partial charge in [0, 0.05) is 22.0 Å². The van der Waals surface area contributed by atoms with Crippen molar-refractivity contribution in [3.05, 3.63) is 70.2 Å². The first kappa shape index (κ1) is 18.2. The molecule has 126 valence electrons. The highest BCUT2D eigenvalue weighted by molar-refractivity contribution is 9.10. The van der Waals surface area contributed by atoms with Gasteiger partial charge in [0.2, 0.25) is 0 Å². The molecule has 0 saturated carbocycles. The zero-order chi connectivity index (χ0) is 17.4. The van der Waals surface area contributed by atoms with Crippen LogP contribution < -0.4 is 16.2 Å². The van der Waals surface area contributed by atoms with E-state index in [0.717, 1.165) is 10.9 Å². The second-order valence-corrected chi connectivity index (χ2v) is 6.29. The van der Waals surface area contributed by atoms with Crippen LogP contribution in [0.25, 0.3) is 0 Å². The summed E-state index contributed by atoms with van der Waals surface area (Å²) in [7, 11) is 0. The van der Waals surface area contributed by atoms with Gasteiger partial charge in [0.25, 0.3) is 11.8 Å². The highest BCUT2D eigenvalue weighted by atomic mass is 79.9. The predicted octanol–water partition coefficient (Wildman–Crippen LogP) is 1.92. The standard InChI is InChI=1S/C18H20BrN3O2/c1-2-16(13-8-10-15(19)11-9-13)20-12-17(23)21-22-18(24)14-6-4-3-5-7-14/h3-11,16,20H,2,12H2,1H3,(H,21,23)(H,22,24)/p+1/t16-/m1/s1. The molecule has 1 atom stereocenters. The van der Waals surface area contributed by atoms with Crippen LogP contribution in [0.5, 0.6) is 0 Å². The van der Waals surface area contributed by atoms with Crippen LogP contribution in [0.15, 0.2) is 59.1 Å². The molecule has 0 aliphatic carbocycles. The lowest BCUT2D eigenvalue weighted by Gasteiger charge is -2.14. The Morgan fingerprint density at radius 3 is 2.33 bits per heavy atom. The summed E-state index contributed by atoms with van der Waals surface area (Å²) >= 11 is 3.42. The summed E-state index contributed by atoms with van der Waals surface area (Å²) in [4.78, 5) is 23.8. The predicted molar refractivity (Wildman–Crippen MR) is 96.0 cm³/mol. The molecule has 5 nitrogen and oxygen atoms in total. The number of amides is 2. The zero-order valence-corrected chi connectivity index (χ0v) is 15.0. The molecule has 0 unspecified atom stereocenters. The Morgan fingerprint density at radius 2 is 1.71 bits per heavy atom. The van der Waals surface area contributed by atoms with Crippen molar-refractivity contribution in [2.75, 3.05) is 6.54 Å². The van der Waals surface area contributed by atoms with Gasteiger partial charge in [-0.25, -0.2) is 0 Å². The van der Waals surface area contributed by atoms with Gasteiger partial charge in [-0.2, -0.15) is 0 Å². The molecule has 0 aliphatic rings.